The number of benzene rings is 1. The molecule has 1 unspecified atom stereocenters. The van der Waals surface area contributed by atoms with Crippen molar-refractivity contribution in [3.8, 4) is 11.4 Å². The van der Waals surface area contributed by atoms with Crippen molar-refractivity contribution in [2.45, 2.75) is 45.4 Å². The Morgan fingerprint density at radius 3 is 2.85 bits per heavy atom. The Bertz CT molecular complexity index is 703. The monoisotopic (exact) mass is 356 g/mol. The Kier molecular flexibility index (Phi) is 6.39. The summed E-state index contributed by atoms with van der Waals surface area (Å²) in [6.45, 7) is 7.14. The number of amides is 1. The van der Waals surface area contributed by atoms with Crippen molar-refractivity contribution in [2.24, 2.45) is 5.92 Å². The average Bonchev–Trinajstić information content (AvgIpc) is 3.14. The largest absolute Gasteiger partial charge is 0.356 e. The van der Waals surface area contributed by atoms with Crippen LogP contribution in [0.25, 0.3) is 11.4 Å². The molecule has 6 heteroatoms. The summed E-state index contributed by atoms with van der Waals surface area (Å²) < 4.78 is 5.29. The Morgan fingerprint density at radius 1 is 1.35 bits per heavy atom. The van der Waals surface area contributed by atoms with Crippen LogP contribution in [0.2, 0.25) is 0 Å². The maximum atomic E-state index is 12.0. The maximum absolute atomic E-state index is 12.0. The fourth-order valence-corrected chi connectivity index (χ4v) is 3.16. The van der Waals surface area contributed by atoms with Gasteiger partial charge in [-0.15, -0.1) is 0 Å². The second-order valence-corrected chi connectivity index (χ2v) is 7.30. The summed E-state index contributed by atoms with van der Waals surface area (Å²) in [5.74, 6) is 2.15. The topological polar surface area (TPSA) is 80.0 Å². The third-order valence-corrected chi connectivity index (χ3v) is 4.86. The van der Waals surface area contributed by atoms with Crippen molar-refractivity contribution in [3.05, 3.63) is 35.7 Å². The number of hydrogen-bond acceptors (Lipinski definition) is 5. The van der Waals surface area contributed by atoms with Gasteiger partial charge in [-0.25, -0.2) is 0 Å². The molecule has 3 rings (SSSR count). The van der Waals surface area contributed by atoms with E-state index in [1.54, 1.807) is 0 Å². The summed E-state index contributed by atoms with van der Waals surface area (Å²) in [4.78, 5) is 16.4. The molecule has 1 aromatic carbocycles. The molecule has 26 heavy (non-hydrogen) atoms. The van der Waals surface area contributed by atoms with Gasteiger partial charge in [-0.05, 0) is 43.3 Å². The molecular weight excluding hydrogens is 328 g/mol. The molecule has 0 aliphatic carbocycles. The van der Waals surface area contributed by atoms with E-state index >= 15 is 0 Å². The van der Waals surface area contributed by atoms with E-state index in [1.807, 2.05) is 12.1 Å². The predicted octanol–water partition coefficient (Wildman–Crippen LogP) is 2.91. The minimum Gasteiger partial charge on any atom is -0.356 e. The summed E-state index contributed by atoms with van der Waals surface area (Å²) in [6.07, 6.45) is 3.19. The molecule has 0 spiro atoms. The summed E-state index contributed by atoms with van der Waals surface area (Å²) in [5, 5.41) is 10.4. The first-order valence-electron chi connectivity index (χ1n) is 9.52. The second kappa shape index (κ2) is 8.94. The lowest BCUT2D eigenvalue weighted by Gasteiger charge is -2.22. The van der Waals surface area contributed by atoms with Gasteiger partial charge in [0.1, 0.15) is 0 Å². The molecule has 2 aromatic rings. The maximum Gasteiger partial charge on any atom is 0.227 e. The molecule has 0 saturated carbocycles. The lowest BCUT2D eigenvalue weighted by Crippen LogP contribution is -2.38. The number of carbonyl (C=O) groups excluding carboxylic acids is 1. The van der Waals surface area contributed by atoms with Crippen molar-refractivity contribution in [2.75, 3.05) is 19.6 Å². The number of aromatic nitrogens is 2. The molecule has 1 amide bonds. The first kappa shape index (κ1) is 18.6. The zero-order valence-electron chi connectivity index (χ0n) is 15.6. The van der Waals surface area contributed by atoms with Gasteiger partial charge >= 0.3 is 0 Å². The van der Waals surface area contributed by atoms with Gasteiger partial charge in [-0.3, -0.25) is 4.79 Å². The van der Waals surface area contributed by atoms with Crippen LogP contribution < -0.4 is 10.6 Å². The van der Waals surface area contributed by atoms with E-state index in [0.717, 1.165) is 25.2 Å². The van der Waals surface area contributed by atoms with Crippen molar-refractivity contribution in [3.63, 3.8) is 0 Å². The van der Waals surface area contributed by atoms with Crippen LogP contribution in [0.1, 0.15) is 50.5 Å². The molecule has 1 aliphatic heterocycles. The second-order valence-electron chi connectivity index (χ2n) is 7.30. The van der Waals surface area contributed by atoms with E-state index < -0.39 is 0 Å². The number of nitrogens with zero attached hydrogens (tertiary/aromatic N) is 2. The Morgan fingerprint density at radius 2 is 2.15 bits per heavy atom. The van der Waals surface area contributed by atoms with Crippen molar-refractivity contribution in [1.82, 2.24) is 20.8 Å². The van der Waals surface area contributed by atoms with Crippen LogP contribution in [0.4, 0.5) is 0 Å². The normalized spacial score (nSPS) is 17.4. The van der Waals surface area contributed by atoms with Crippen molar-refractivity contribution in [1.29, 1.82) is 0 Å². The lowest BCUT2D eigenvalue weighted by molar-refractivity contribution is -0.121. The minimum atomic E-state index is 0.0385. The Hall–Kier alpha value is -2.21. The molecule has 2 N–H and O–H groups in total. The average molecular weight is 356 g/mol. The molecule has 0 radical (unpaired) electrons. The number of aryl methyl sites for hydroxylation is 1. The Labute approximate surface area is 154 Å². The first-order chi connectivity index (χ1) is 12.6. The van der Waals surface area contributed by atoms with Crippen LogP contribution >= 0.6 is 0 Å². The molecule has 1 fully saturated rings. The van der Waals surface area contributed by atoms with Gasteiger partial charge in [0.15, 0.2) is 0 Å². The number of piperidine rings is 1. The highest BCUT2D eigenvalue weighted by atomic mass is 16.5. The minimum absolute atomic E-state index is 0.0385. The Balaban J connectivity index is 1.46. The van der Waals surface area contributed by atoms with Crippen LogP contribution in [-0.2, 0) is 11.2 Å². The molecule has 6 nitrogen and oxygen atoms in total. The van der Waals surface area contributed by atoms with Crippen molar-refractivity contribution >= 4 is 5.91 Å². The molecule has 0 bridgehead atoms. The van der Waals surface area contributed by atoms with E-state index in [4.69, 9.17) is 4.52 Å². The zero-order chi connectivity index (χ0) is 18.4. The summed E-state index contributed by atoms with van der Waals surface area (Å²) >= 11 is 0. The number of hydrogen-bond donors (Lipinski definition) is 2. The van der Waals surface area contributed by atoms with Crippen LogP contribution in [0.3, 0.4) is 0 Å². The van der Waals surface area contributed by atoms with Gasteiger partial charge in [0.25, 0.3) is 0 Å². The van der Waals surface area contributed by atoms with Crippen molar-refractivity contribution < 1.29 is 9.32 Å². The first-order valence-corrected chi connectivity index (χ1v) is 9.52. The molecule has 1 atom stereocenters. The molecule has 1 aliphatic rings. The zero-order valence-corrected chi connectivity index (χ0v) is 15.6. The third-order valence-electron chi connectivity index (χ3n) is 4.86. The van der Waals surface area contributed by atoms with Gasteiger partial charge in [0.2, 0.25) is 17.6 Å². The van der Waals surface area contributed by atoms with E-state index in [-0.39, 0.29) is 5.91 Å². The number of nitrogens with one attached hydrogen (secondary N) is 2. The molecule has 1 saturated heterocycles. The van der Waals surface area contributed by atoms with E-state index in [1.165, 1.54) is 18.4 Å². The summed E-state index contributed by atoms with van der Waals surface area (Å²) in [5.41, 5.74) is 2.21. The predicted molar refractivity (Wildman–Crippen MR) is 101 cm³/mol. The van der Waals surface area contributed by atoms with E-state index in [9.17, 15) is 4.79 Å². The van der Waals surface area contributed by atoms with Gasteiger partial charge < -0.3 is 15.2 Å². The van der Waals surface area contributed by atoms with Crippen LogP contribution in [-0.4, -0.2) is 35.7 Å². The van der Waals surface area contributed by atoms with E-state index in [0.29, 0.717) is 36.4 Å². The highest BCUT2D eigenvalue weighted by Gasteiger charge is 2.15. The van der Waals surface area contributed by atoms with Gasteiger partial charge in [-0.2, -0.15) is 4.98 Å². The number of carbonyl (C=O) groups is 1. The van der Waals surface area contributed by atoms with Crippen LogP contribution in [0.15, 0.2) is 28.8 Å². The fraction of sp³-hybridized carbons (Fsp3) is 0.550. The SMILES string of the molecule is CC(C)c1ccc(-c2noc(CCC(=O)NCC3CCCNC3)n2)cc1. The smallest absolute Gasteiger partial charge is 0.227 e. The fourth-order valence-electron chi connectivity index (χ4n) is 3.16. The third kappa shape index (κ3) is 5.14. The highest BCUT2D eigenvalue weighted by Crippen LogP contribution is 2.20. The van der Waals surface area contributed by atoms with Gasteiger partial charge in [-0.1, -0.05) is 43.3 Å². The quantitative estimate of drug-likeness (QED) is 0.797. The standard InChI is InChI=1S/C20H28N4O2/c1-14(2)16-5-7-17(8-6-16)20-23-19(26-24-20)10-9-18(25)22-13-15-4-3-11-21-12-15/h5-8,14-15,21H,3-4,9-13H2,1-2H3,(H,22,25). The highest BCUT2D eigenvalue weighted by molar-refractivity contribution is 5.76. The summed E-state index contributed by atoms with van der Waals surface area (Å²) in [7, 11) is 0. The van der Waals surface area contributed by atoms with Crippen LogP contribution in [0, 0.1) is 5.92 Å². The molecule has 140 valence electrons. The summed E-state index contributed by atoms with van der Waals surface area (Å²) in [6, 6.07) is 8.19. The molecule has 1 aromatic heterocycles. The van der Waals surface area contributed by atoms with Crippen LogP contribution in [0.5, 0.6) is 0 Å². The molecule has 2 heterocycles. The molecular formula is C20H28N4O2. The lowest BCUT2D eigenvalue weighted by atomic mass is 10.00. The van der Waals surface area contributed by atoms with E-state index in [2.05, 4.69) is 46.8 Å². The van der Waals surface area contributed by atoms with Gasteiger partial charge in [0.05, 0.1) is 0 Å². The van der Waals surface area contributed by atoms with Gasteiger partial charge in [0, 0.05) is 24.9 Å². The number of rotatable bonds is 7.